The average Bonchev–Trinajstić information content (AvgIpc) is 3.57. The molecule has 4 aliphatic rings. The van der Waals surface area contributed by atoms with Crippen LogP contribution in [0.4, 0.5) is 0 Å². The molecular formula is C28H32N4. The van der Waals surface area contributed by atoms with E-state index >= 15 is 0 Å². The predicted octanol–water partition coefficient (Wildman–Crippen LogP) is 6.35. The topological polar surface area (TPSA) is 35.6 Å². The lowest BCUT2D eigenvalue weighted by molar-refractivity contribution is -0.0767. The fraction of sp³-hybridized carbons (Fsp3) is 0.500. The van der Waals surface area contributed by atoms with Crippen LogP contribution in [0.2, 0.25) is 0 Å². The molecule has 2 fully saturated rings. The Kier molecular flexibility index (Phi) is 4.10. The van der Waals surface area contributed by atoms with Crippen LogP contribution in [0.3, 0.4) is 0 Å². The Hall–Kier alpha value is -2.62. The third kappa shape index (κ3) is 2.55. The lowest BCUT2D eigenvalue weighted by Crippen LogP contribution is -2.52. The Morgan fingerprint density at radius 1 is 1.09 bits per heavy atom. The van der Waals surface area contributed by atoms with Crippen molar-refractivity contribution in [3.05, 3.63) is 67.5 Å². The number of hydrogen-bond donors (Lipinski definition) is 0. The molecule has 0 N–H and O–H groups in total. The van der Waals surface area contributed by atoms with Crippen molar-refractivity contribution < 1.29 is 0 Å². The Morgan fingerprint density at radius 2 is 2.03 bits per heavy atom. The zero-order valence-electron chi connectivity index (χ0n) is 18.8. The van der Waals surface area contributed by atoms with Crippen LogP contribution in [0.1, 0.15) is 51.5 Å². The summed E-state index contributed by atoms with van der Waals surface area (Å²) < 4.78 is 4.81. The molecular weight excluding hydrogens is 392 g/mol. The lowest BCUT2D eigenvalue weighted by Gasteiger charge is -2.59. The summed E-state index contributed by atoms with van der Waals surface area (Å²) in [5.41, 5.74) is 4.28. The summed E-state index contributed by atoms with van der Waals surface area (Å²) >= 11 is 0. The fourth-order valence-corrected chi connectivity index (χ4v) is 8.32. The minimum Gasteiger partial charge on any atom is -0.334 e. The SMILES string of the molecule is C[C@]12CCC=CC1[C@H](n1ccnc1)CC1C3CC=C(n4cnc5ccccc54)C3CCC12. The molecule has 0 radical (unpaired) electrons. The fourth-order valence-electron chi connectivity index (χ4n) is 8.32. The summed E-state index contributed by atoms with van der Waals surface area (Å²) in [7, 11) is 0. The third-order valence-electron chi connectivity index (χ3n) is 9.72. The van der Waals surface area contributed by atoms with Gasteiger partial charge in [-0.1, -0.05) is 37.3 Å². The van der Waals surface area contributed by atoms with E-state index in [9.17, 15) is 0 Å². The van der Waals surface area contributed by atoms with Crippen LogP contribution in [0, 0.1) is 35.0 Å². The number of benzene rings is 1. The highest BCUT2D eigenvalue weighted by Gasteiger charge is 2.57. The van der Waals surface area contributed by atoms with E-state index in [0.29, 0.717) is 23.3 Å². The third-order valence-corrected chi connectivity index (χ3v) is 9.72. The minimum absolute atomic E-state index is 0.405. The Labute approximate surface area is 190 Å². The highest BCUT2D eigenvalue weighted by atomic mass is 15.1. The van der Waals surface area contributed by atoms with Gasteiger partial charge in [-0.05, 0) is 73.8 Å². The van der Waals surface area contributed by atoms with Gasteiger partial charge in [-0.2, -0.15) is 0 Å². The van der Waals surface area contributed by atoms with E-state index in [1.807, 2.05) is 6.20 Å². The van der Waals surface area contributed by atoms with Crippen molar-refractivity contribution in [2.75, 3.05) is 0 Å². The van der Waals surface area contributed by atoms with Gasteiger partial charge in [0.2, 0.25) is 0 Å². The van der Waals surface area contributed by atoms with Crippen molar-refractivity contribution in [1.82, 2.24) is 19.1 Å². The Balaban J connectivity index is 1.25. The van der Waals surface area contributed by atoms with Gasteiger partial charge in [0.25, 0.3) is 0 Å². The van der Waals surface area contributed by atoms with Crippen LogP contribution < -0.4 is 0 Å². The average molecular weight is 425 g/mol. The molecule has 0 amide bonds. The van der Waals surface area contributed by atoms with E-state index in [4.69, 9.17) is 4.98 Å². The number of imidazole rings is 2. The predicted molar refractivity (Wildman–Crippen MR) is 128 cm³/mol. The van der Waals surface area contributed by atoms with Gasteiger partial charge in [-0.25, -0.2) is 9.97 Å². The summed E-state index contributed by atoms with van der Waals surface area (Å²) in [5.74, 6) is 3.69. The number of hydrogen-bond acceptors (Lipinski definition) is 2. The van der Waals surface area contributed by atoms with Gasteiger partial charge in [0.1, 0.15) is 6.33 Å². The van der Waals surface area contributed by atoms with Crippen LogP contribution in [0.5, 0.6) is 0 Å². The van der Waals surface area contributed by atoms with Gasteiger partial charge in [-0.15, -0.1) is 0 Å². The Bertz CT molecular complexity index is 1200. The first-order chi connectivity index (χ1) is 15.7. The molecule has 0 bridgehead atoms. The minimum atomic E-state index is 0.405. The van der Waals surface area contributed by atoms with E-state index in [2.05, 4.69) is 82.4 Å². The molecule has 7 atom stereocenters. The van der Waals surface area contributed by atoms with E-state index in [-0.39, 0.29) is 0 Å². The lowest BCUT2D eigenvalue weighted by atomic mass is 9.47. The van der Waals surface area contributed by atoms with Gasteiger partial charge in [0.05, 0.1) is 17.4 Å². The molecule has 5 unspecified atom stereocenters. The maximum atomic E-state index is 4.70. The van der Waals surface area contributed by atoms with Gasteiger partial charge in [0, 0.05) is 36.0 Å². The van der Waals surface area contributed by atoms with E-state index in [1.54, 1.807) is 0 Å². The summed E-state index contributed by atoms with van der Waals surface area (Å²) in [4.78, 5) is 9.12. The molecule has 164 valence electrons. The second-order valence-electron chi connectivity index (χ2n) is 10.9. The second kappa shape index (κ2) is 6.94. The van der Waals surface area contributed by atoms with Crippen molar-refractivity contribution >= 4 is 16.7 Å². The number of fused-ring (bicyclic) bond motifs is 6. The monoisotopic (exact) mass is 424 g/mol. The zero-order valence-corrected chi connectivity index (χ0v) is 18.8. The van der Waals surface area contributed by atoms with Crippen LogP contribution in [-0.4, -0.2) is 19.1 Å². The summed E-state index contributed by atoms with van der Waals surface area (Å²) in [5, 5.41) is 0. The number of rotatable bonds is 2. The zero-order chi connectivity index (χ0) is 21.3. The molecule has 0 aliphatic heterocycles. The normalized spacial score (nSPS) is 38.2. The van der Waals surface area contributed by atoms with E-state index in [1.165, 1.54) is 49.7 Å². The molecule has 4 heteroatoms. The van der Waals surface area contributed by atoms with Crippen molar-refractivity contribution in [3.63, 3.8) is 0 Å². The van der Waals surface area contributed by atoms with Crippen LogP contribution >= 0.6 is 0 Å². The van der Waals surface area contributed by atoms with Crippen molar-refractivity contribution in [1.29, 1.82) is 0 Å². The van der Waals surface area contributed by atoms with Crippen molar-refractivity contribution in [3.8, 4) is 0 Å². The van der Waals surface area contributed by atoms with Gasteiger partial charge < -0.3 is 9.13 Å². The molecule has 2 heterocycles. The smallest absolute Gasteiger partial charge is 0.100 e. The number of aromatic nitrogens is 4. The molecule has 4 aliphatic carbocycles. The van der Waals surface area contributed by atoms with Crippen LogP contribution in [0.25, 0.3) is 16.7 Å². The Morgan fingerprint density at radius 3 is 2.94 bits per heavy atom. The maximum Gasteiger partial charge on any atom is 0.100 e. The summed E-state index contributed by atoms with van der Waals surface area (Å²) in [6.45, 7) is 2.62. The van der Waals surface area contributed by atoms with Crippen molar-refractivity contribution in [2.45, 2.75) is 51.5 Å². The first-order valence-corrected chi connectivity index (χ1v) is 12.5. The second-order valence-corrected chi connectivity index (χ2v) is 10.9. The molecule has 32 heavy (non-hydrogen) atoms. The molecule has 4 nitrogen and oxygen atoms in total. The van der Waals surface area contributed by atoms with E-state index in [0.717, 1.165) is 23.3 Å². The van der Waals surface area contributed by atoms with E-state index < -0.39 is 0 Å². The number of allylic oxidation sites excluding steroid dienone is 4. The molecule has 3 aromatic rings. The summed E-state index contributed by atoms with van der Waals surface area (Å²) in [6, 6.07) is 9.11. The molecule has 0 saturated heterocycles. The maximum absolute atomic E-state index is 4.70. The first-order valence-electron chi connectivity index (χ1n) is 12.5. The van der Waals surface area contributed by atoms with Gasteiger partial charge in [-0.3, -0.25) is 0 Å². The quantitative estimate of drug-likeness (QED) is 0.449. The molecule has 2 saturated carbocycles. The number of nitrogens with zero attached hydrogens (tertiary/aromatic N) is 4. The van der Waals surface area contributed by atoms with Gasteiger partial charge in [0.15, 0.2) is 0 Å². The molecule has 2 aromatic heterocycles. The van der Waals surface area contributed by atoms with Crippen molar-refractivity contribution in [2.24, 2.45) is 35.0 Å². The highest BCUT2D eigenvalue weighted by Crippen LogP contribution is 2.64. The molecule has 7 rings (SSSR count). The first kappa shape index (κ1) is 18.9. The molecule has 1 aromatic carbocycles. The summed E-state index contributed by atoms with van der Waals surface area (Å²) in [6.07, 6.45) is 23.6. The largest absolute Gasteiger partial charge is 0.334 e. The number of para-hydroxylation sites is 2. The van der Waals surface area contributed by atoms with Crippen LogP contribution in [0.15, 0.2) is 67.5 Å². The highest BCUT2D eigenvalue weighted by molar-refractivity contribution is 5.79. The standard InChI is InChI=1S/C28H32N4/c1-28-13-5-4-6-23(28)27(31-15-14-29-17-31)16-21-19-10-12-25(20(19)9-11-22(21)28)32-18-30-24-7-2-3-8-26(24)32/h2-4,6-8,12,14-15,17-23,27H,5,9-11,13,16H2,1H3/t19?,20?,21?,22?,23?,27-,28-/m1/s1. The van der Waals surface area contributed by atoms with Gasteiger partial charge >= 0.3 is 0 Å². The van der Waals surface area contributed by atoms with Crippen LogP contribution in [-0.2, 0) is 0 Å². The molecule has 0 spiro atoms.